The van der Waals surface area contributed by atoms with Gasteiger partial charge in [-0.25, -0.2) is 0 Å². The van der Waals surface area contributed by atoms with Crippen LogP contribution in [0.3, 0.4) is 0 Å². The Hall–Kier alpha value is -1.93. The van der Waals surface area contributed by atoms with Crippen LogP contribution in [0, 0.1) is 5.92 Å². The molecule has 2 aromatic rings. The third-order valence-electron chi connectivity index (χ3n) is 7.01. The highest BCUT2D eigenvalue weighted by atomic mass is 16.7. The summed E-state index contributed by atoms with van der Waals surface area (Å²) in [4.78, 5) is 11.8. The monoisotopic (exact) mass is 446 g/mol. The van der Waals surface area contributed by atoms with E-state index in [1.165, 1.54) is 0 Å². The predicted octanol–water partition coefficient (Wildman–Crippen LogP) is 4.05. The first-order valence-electron chi connectivity index (χ1n) is 11.7. The zero-order valence-electron chi connectivity index (χ0n) is 19.2. The van der Waals surface area contributed by atoms with Crippen LogP contribution in [-0.4, -0.2) is 51.8 Å². The Morgan fingerprint density at radius 2 is 2.03 bits per heavy atom. The van der Waals surface area contributed by atoms with Crippen molar-refractivity contribution in [1.82, 2.24) is 0 Å². The van der Waals surface area contributed by atoms with Gasteiger partial charge in [-0.05, 0) is 36.8 Å². The number of aliphatic hydroxyl groups excluding tert-OH is 2. The summed E-state index contributed by atoms with van der Waals surface area (Å²) in [5, 5.41) is 33.0. The van der Waals surface area contributed by atoms with E-state index in [1.54, 1.807) is 6.26 Å². The van der Waals surface area contributed by atoms with E-state index in [-0.39, 0.29) is 23.3 Å². The maximum atomic E-state index is 11.8. The minimum atomic E-state index is -1.20. The van der Waals surface area contributed by atoms with Gasteiger partial charge >= 0.3 is 0 Å². The lowest BCUT2D eigenvalue weighted by Crippen LogP contribution is -2.53. The molecule has 32 heavy (non-hydrogen) atoms. The lowest BCUT2D eigenvalue weighted by Gasteiger charge is -2.39. The largest absolute Gasteiger partial charge is 0.507 e. The number of benzene rings is 1. The van der Waals surface area contributed by atoms with Gasteiger partial charge in [-0.3, -0.25) is 4.79 Å². The molecular formula is C25H34O7. The van der Waals surface area contributed by atoms with Gasteiger partial charge < -0.3 is 29.2 Å². The highest BCUT2D eigenvalue weighted by Crippen LogP contribution is 2.51. The van der Waals surface area contributed by atoms with E-state index in [0.717, 1.165) is 23.8 Å². The lowest BCUT2D eigenvalue weighted by molar-refractivity contribution is -0.236. The van der Waals surface area contributed by atoms with Gasteiger partial charge in [0.1, 0.15) is 11.3 Å². The molecule has 3 N–H and O–H groups in total. The van der Waals surface area contributed by atoms with Crippen LogP contribution in [0.5, 0.6) is 5.75 Å². The molecular weight excluding hydrogens is 412 g/mol. The average Bonchev–Trinajstić information content (AvgIpc) is 3.36. The number of hydrogen-bond donors (Lipinski definition) is 3. The quantitative estimate of drug-likeness (QED) is 0.414. The van der Waals surface area contributed by atoms with Crippen molar-refractivity contribution in [1.29, 1.82) is 0 Å². The van der Waals surface area contributed by atoms with Crippen LogP contribution in [0.25, 0.3) is 11.0 Å². The first-order chi connectivity index (χ1) is 15.3. The summed E-state index contributed by atoms with van der Waals surface area (Å²) in [6.07, 6.45) is 2.85. The summed E-state index contributed by atoms with van der Waals surface area (Å²) in [6, 6.07) is 1.90. The number of furan rings is 1. The van der Waals surface area contributed by atoms with Crippen LogP contribution in [0.2, 0.25) is 0 Å². The van der Waals surface area contributed by atoms with E-state index in [1.807, 2.05) is 13.0 Å². The van der Waals surface area contributed by atoms with Crippen molar-refractivity contribution in [3.05, 3.63) is 29.0 Å². The fraction of sp³-hybridized carbons (Fsp3) is 0.640. The Labute approximate surface area is 188 Å². The van der Waals surface area contributed by atoms with Gasteiger partial charge in [-0.2, -0.15) is 0 Å². The van der Waals surface area contributed by atoms with Crippen molar-refractivity contribution < 1.29 is 34.0 Å². The number of rotatable bonds is 8. The summed E-state index contributed by atoms with van der Waals surface area (Å²) >= 11 is 0. The number of phenolic OH excluding ortho intramolecular Hbond substituents is 1. The second-order valence-electron chi connectivity index (χ2n) is 9.62. The number of phenols is 1. The topological polar surface area (TPSA) is 113 Å². The van der Waals surface area contributed by atoms with Gasteiger partial charge in [0.2, 0.25) is 0 Å². The molecule has 4 rings (SSSR count). The molecule has 0 bridgehead atoms. The molecule has 7 heteroatoms. The molecule has 0 saturated carbocycles. The molecule has 1 unspecified atom stereocenters. The molecule has 2 aliphatic rings. The van der Waals surface area contributed by atoms with Crippen LogP contribution < -0.4 is 0 Å². The fourth-order valence-electron chi connectivity index (χ4n) is 5.39. The van der Waals surface area contributed by atoms with Gasteiger partial charge in [0.15, 0.2) is 18.2 Å². The van der Waals surface area contributed by atoms with Crippen molar-refractivity contribution in [3.63, 3.8) is 0 Å². The lowest BCUT2D eigenvalue weighted by atomic mass is 9.80. The van der Waals surface area contributed by atoms with Gasteiger partial charge in [0.25, 0.3) is 0 Å². The minimum Gasteiger partial charge on any atom is -0.507 e. The smallest absolute Gasteiger partial charge is 0.189 e. The number of aromatic hydroxyl groups is 1. The molecule has 0 aliphatic carbocycles. The van der Waals surface area contributed by atoms with Crippen LogP contribution >= 0.6 is 0 Å². The zero-order chi connectivity index (χ0) is 23.2. The standard InChI is InChI=1S/C25H34O7/c1-5-7-15(19-10-20(27)25(24(29)31-19)21(6-2)32-25)18-12-30-23-16(18)9-14(8-13(3)4)22(28)17(23)11-26/h9,11-13,15,19-21,24,27-29H,5-8,10H2,1-4H3/t15?,19-,20-,21+,24-,25+/m1/s1. The molecule has 3 heterocycles. The SMILES string of the molecule is CCCC(c1coc2c(C=O)c(O)c(CC(C)C)cc12)[C@H]1C[C@@H](O)[C@@]2(O[C@H]2CC)[C@H](O)O1. The zero-order valence-corrected chi connectivity index (χ0v) is 19.2. The number of aldehydes is 1. The predicted molar refractivity (Wildman–Crippen MR) is 119 cm³/mol. The maximum Gasteiger partial charge on any atom is 0.189 e. The Morgan fingerprint density at radius 1 is 1.28 bits per heavy atom. The average molecular weight is 447 g/mol. The highest BCUT2D eigenvalue weighted by molar-refractivity contribution is 6.00. The normalized spacial score (nSPS) is 30.8. The molecule has 2 aliphatic heterocycles. The number of hydrogen-bond acceptors (Lipinski definition) is 7. The molecule has 1 spiro atoms. The summed E-state index contributed by atoms with van der Waals surface area (Å²) in [5.74, 6) is 0.109. The first-order valence-corrected chi connectivity index (χ1v) is 11.7. The van der Waals surface area contributed by atoms with Crippen molar-refractivity contribution in [2.24, 2.45) is 5.92 Å². The first kappa shape index (κ1) is 23.2. The number of carbonyl (C=O) groups is 1. The Balaban J connectivity index is 1.73. The third-order valence-corrected chi connectivity index (χ3v) is 7.01. The summed E-state index contributed by atoms with van der Waals surface area (Å²) in [7, 11) is 0. The molecule has 1 aromatic carbocycles. The summed E-state index contributed by atoms with van der Waals surface area (Å²) in [6.45, 7) is 8.13. The Kier molecular flexibility index (Phi) is 6.38. The number of aliphatic hydroxyl groups is 2. The van der Waals surface area contributed by atoms with Crippen LogP contribution in [0.1, 0.15) is 80.8 Å². The van der Waals surface area contributed by atoms with Crippen molar-refractivity contribution in [2.75, 3.05) is 0 Å². The summed E-state index contributed by atoms with van der Waals surface area (Å²) in [5.41, 5.74) is 1.04. The molecule has 7 nitrogen and oxygen atoms in total. The molecule has 2 saturated heterocycles. The van der Waals surface area contributed by atoms with E-state index >= 15 is 0 Å². The van der Waals surface area contributed by atoms with E-state index in [4.69, 9.17) is 13.9 Å². The Morgan fingerprint density at radius 3 is 2.59 bits per heavy atom. The fourth-order valence-corrected chi connectivity index (χ4v) is 5.39. The molecule has 0 amide bonds. The van der Waals surface area contributed by atoms with Crippen LogP contribution in [-0.2, 0) is 15.9 Å². The van der Waals surface area contributed by atoms with Crippen molar-refractivity contribution in [3.8, 4) is 5.75 Å². The maximum absolute atomic E-state index is 11.8. The third kappa shape index (κ3) is 3.65. The van der Waals surface area contributed by atoms with Crippen LogP contribution in [0.15, 0.2) is 16.7 Å². The number of ether oxygens (including phenoxy) is 2. The van der Waals surface area contributed by atoms with E-state index in [2.05, 4.69) is 20.8 Å². The van der Waals surface area contributed by atoms with Gasteiger partial charge in [0.05, 0.1) is 30.1 Å². The number of carbonyl (C=O) groups excluding carboxylic acids is 1. The second-order valence-corrected chi connectivity index (χ2v) is 9.62. The number of fused-ring (bicyclic) bond motifs is 1. The molecule has 176 valence electrons. The molecule has 2 fully saturated rings. The van der Waals surface area contributed by atoms with Crippen LogP contribution in [0.4, 0.5) is 0 Å². The molecule has 1 aromatic heterocycles. The van der Waals surface area contributed by atoms with E-state index in [0.29, 0.717) is 42.6 Å². The number of epoxide rings is 1. The highest BCUT2D eigenvalue weighted by Gasteiger charge is 2.68. The van der Waals surface area contributed by atoms with Gasteiger partial charge in [-0.15, -0.1) is 0 Å². The van der Waals surface area contributed by atoms with E-state index in [9.17, 15) is 20.1 Å². The van der Waals surface area contributed by atoms with Gasteiger partial charge in [-0.1, -0.05) is 34.1 Å². The molecule has 6 atom stereocenters. The van der Waals surface area contributed by atoms with Gasteiger partial charge in [0, 0.05) is 23.3 Å². The molecule has 0 radical (unpaired) electrons. The minimum absolute atomic E-state index is 0.0349. The second kappa shape index (κ2) is 8.78. The van der Waals surface area contributed by atoms with Crippen molar-refractivity contribution >= 4 is 17.3 Å². The van der Waals surface area contributed by atoms with E-state index < -0.39 is 24.1 Å². The summed E-state index contributed by atoms with van der Waals surface area (Å²) < 4.78 is 17.5. The van der Waals surface area contributed by atoms with Crippen molar-refractivity contribution in [2.45, 2.75) is 95.9 Å². The Bertz CT molecular complexity index is 966.